The molecule has 2 aromatic heterocycles. The van der Waals surface area contributed by atoms with Crippen molar-refractivity contribution in [1.82, 2.24) is 19.7 Å². The van der Waals surface area contributed by atoms with E-state index in [0.717, 1.165) is 61.8 Å². The molecule has 0 aliphatic carbocycles. The number of hydrogen-bond acceptors (Lipinski definition) is 6. The molecule has 0 spiro atoms. The summed E-state index contributed by atoms with van der Waals surface area (Å²) in [6.45, 7) is 6.93. The first kappa shape index (κ1) is 19.5. The molecular formula is C22H27FN6S. The van der Waals surface area contributed by atoms with Crippen molar-refractivity contribution in [3.63, 3.8) is 0 Å². The molecule has 8 heteroatoms. The number of anilines is 2. The number of halogens is 1. The Labute approximate surface area is 180 Å². The molecule has 0 radical (unpaired) electrons. The summed E-state index contributed by atoms with van der Waals surface area (Å²) in [5.41, 5.74) is 2.34. The van der Waals surface area contributed by atoms with E-state index in [-0.39, 0.29) is 5.82 Å². The molecule has 0 saturated carbocycles. The summed E-state index contributed by atoms with van der Waals surface area (Å²) in [7, 11) is 0. The summed E-state index contributed by atoms with van der Waals surface area (Å²) in [5, 5.41) is 10.9. The molecule has 2 saturated heterocycles. The van der Waals surface area contributed by atoms with Gasteiger partial charge in [-0.15, -0.1) is 10.2 Å². The number of piperidine rings is 1. The van der Waals surface area contributed by atoms with Gasteiger partial charge < -0.3 is 9.80 Å². The highest BCUT2D eigenvalue weighted by atomic mass is 32.1. The van der Waals surface area contributed by atoms with Crippen molar-refractivity contribution in [1.29, 1.82) is 0 Å². The third kappa shape index (κ3) is 4.20. The van der Waals surface area contributed by atoms with Crippen LogP contribution >= 0.6 is 11.3 Å². The van der Waals surface area contributed by atoms with E-state index < -0.39 is 0 Å². The lowest BCUT2D eigenvalue weighted by Crippen LogP contribution is -2.46. The third-order valence-corrected chi connectivity index (χ3v) is 7.00. The predicted molar refractivity (Wildman–Crippen MR) is 119 cm³/mol. The highest BCUT2D eigenvalue weighted by Crippen LogP contribution is 2.27. The zero-order chi connectivity index (χ0) is 20.3. The molecular weight excluding hydrogens is 399 g/mol. The summed E-state index contributed by atoms with van der Waals surface area (Å²) in [6.07, 6.45) is 5.89. The van der Waals surface area contributed by atoms with Crippen molar-refractivity contribution in [3.8, 4) is 5.13 Å². The monoisotopic (exact) mass is 426 g/mol. The van der Waals surface area contributed by atoms with E-state index in [9.17, 15) is 4.39 Å². The minimum absolute atomic E-state index is 0.182. The molecule has 0 amide bonds. The number of rotatable bonds is 5. The van der Waals surface area contributed by atoms with Crippen molar-refractivity contribution in [2.24, 2.45) is 0 Å². The zero-order valence-corrected chi connectivity index (χ0v) is 17.9. The predicted octanol–water partition coefficient (Wildman–Crippen LogP) is 3.78. The Kier molecular flexibility index (Phi) is 5.68. The lowest BCUT2D eigenvalue weighted by molar-refractivity contribution is 0.246. The number of aromatic nitrogens is 3. The van der Waals surface area contributed by atoms with E-state index in [1.165, 1.54) is 37.1 Å². The van der Waals surface area contributed by atoms with Gasteiger partial charge >= 0.3 is 0 Å². The van der Waals surface area contributed by atoms with Crippen LogP contribution in [0, 0.1) is 5.82 Å². The molecule has 158 valence electrons. The molecule has 2 aliphatic rings. The summed E-state index contributed by atoms with van der Waals surface area (Å²) in [6, 6.07) is 11.1. The van der Waals surface area contributed by atoms with Gasteiger partial charge in [0.05, 0.1) is 0 Å². The lowest BCUT2D eigenvalue weighted by Gasteiger charge is -2.36. The zero-order valence-electron chi connectivity index (χ0n) is 17.1. The normalized spacial score (nSPS) is 18.2. The minimum atomic E-state index is -0.182. The van der Waals surface area contributed by atoms with Crippen LogP contribution in [0.3, 0.4) is 0 Å². The molecule has 30 heavy (non-hydrogen) atoms. The van der Waals surface area contributed by atoms with Gasteiger partial charge in [0.25, 0.3) is 0 Å². The van der Waals surface area contributed by atoms with Gasteiger partial charge in [0, 0.05) is 63.4 Å². The topological polar surface area (TPSA) is 40.4 Å². The van der Waals surface area contributed by atoms with E-state index in [2.05, 4.69) is 47.8 Å². The minimum Gasteiger partial charge on any atom is -0.369 e. The second-order valence-corrected chi connectivity index (χ2v) is 8.96. The van der Waals surface area contributed by atoms with Crippen LogP contribution in [0.5, 0.6) is 0 Å². The van der Waals surface area contributed by atoms with E-state index in [0.29, 0.717) is 0 Å². The Hall–Kier alpha value is -2.45. The van der Waals surface area contributed by atoms with E-state index >= 15 is 0 Å². The van der Waals surface area contributed by atoms with Crippen LogP contribution in [-0.2, 0) is 6.54 Å². The van der Waals surface area contributed by atoms with Crippen LogP contribution in [0.2, 0.25) is 0 Å². The van der Waals surface area contributed by atoms with Gasteiger partial charge in [-0.2, -0.15) is 0 Å². The van der Waals surface area contributed by atoms with Crippen LogP contribution in [0.15, 0.2) is 42.6 Å². The van der Waals surface area contributed by atoms with E-state index in [1.54, 1.807) is 11.3 Å². The van der Waals surface area contributed by atoms with Crippen LogP contribution in [0.4, 0.5) is 15.2 Å². The molecule has 0 unspecified atom stereocenters. The fourth-order valence-electron chi connectivity index (χ4n) is 4.30. The number of benzene rings is 1. The molecule has 2 fully saturated rings. The van der Waals surface area contributed by atoms with Crippen LogP contribution in [0.25, 0.3) is 5.13 Å². The maximum Gasteiger partial charge on any atom is 0.218 e. The Morgan fingerprint density at radius 1 is 0.800 bits per heavy atom. The van der Waals surface area contributed by atoms with E-state index in [4.69, 9.17) is 0 Å². The van der Waals surface area contributed by atoms with Crippen molar-refractivity contribution in [2.75, 3.05) is 49.1 Å². The first-order valence-electron chi connectivity index (χ1n) is 10.7. The molecule has 0 N–H and O–H groups in total. The standard InChI is InChI=1S/C22H27FN6S/c23-18-6-8-19(9-7-18)27-15-13-26(14-16-27)17-20-5-4-12-29(20)22-25-24-21(30-22)28-10-2-1-3-11-28/h4-9,12H,1-3,10-11,13-17H2. The van der Waals surface area contributed by atoms with Gasteiger partial charge in [0.1, 0.15) is 5.82 Å². The molecule has 6 nitrogen and oxygen atoms in total. The summed E-state index contributed by atoms with van der Waals surface area (Å²) in [5.74, 6) is -0.182. The van der Waals surface area contributed by atoms with Crippen LogP contribution < -0.4 is 9.80 Å². The Balaban J connectivity index is 1.22. The molecule has 3 aromatic rings. The fraction of sp³-hybridized carbons (Fsp3) is 0.455. The van der Waals surface area contributed by atoms with Crippen molar-refractivity contribution in [2.45, 2.75) is 25.8 Å². The third-order valence-electron chi connectivity index (χ3n) is 6.02. The van der Waals surface area contributed by atoms with Crippen molar-refractivity contribution < 1.29 is 4.39 Å². The largest absolute Gasteiger partial charge is 0.369 e. The Bertz CT molecular complexity index is 954. The molecule has 2 aliphatic heterocycles. The Morgan fingerprint density at radius 3 is 2.30 bits per heavy atom. The van der Waals surface area contributed by atoms with Gasteiger partial charge in [-0.1, -0.05) is 11.3 Å². The van der Waals surface area contributed by atoms with Crippen LogP contribution in [-0.4, -0.2) is 58.9 Å². The maximum absolute atomic E-state index is 13.2. The number of hydrogen-bond donors (Lipinski definition) is 0. The SMILES string of the molecule is Fc1ccc(N2CCN(Cc3cccn3-c3nnc(N4CCCCC4)s3)CC2)cc1. The lowest BCUT2D eigenvalue weighted by atomic mass is 10.1. The smallest absolute Gasteiger partial charge is 0.218 e. The van der Waals surface area contributed by atoms with Gasteiger partial charge in [-0.3, -0.25) is 9.47 Å². The molecule has 0 bridgehead atoms. The first-order valence-corrected chi connectivity index (χ1v) is 11.6. The van der Waals surface area contributed by atoms with Gasteiger partial charge in [-0.05, 0) is 55.7 Å². The number of piperazine rings is 1. The van der Waals surface area contributed by atoms with Crippen molar-refractivity contribution >= 4 is 22.2 Å². The van der Waals surface area contributed by atoms with Gasteiger partial charge in [-0.25, -0.2) is 4.39 Å². The molecule has 5 rings (SSSR count). The summed E-state index contributed by atoms with van der Waals surface area (Å²) >= 11 is 1.68. The number of nitrogens with zero attached hydrogens (tertiary/aromatic N) is 6. The second-order valence-electron chi connectivity index (χ2n) is 8.02. The molecule has 1 aromatic carbocycles. The van der Waals surface area contributed by atoms with Crippen LogP contribution in [0.1, 0.15) is 25.0 Å². The highest BCUT2D eigenvalue weighted by Gasteiger charge is 2.20. The average molecular weight is 427 g/mol. The summed E-state index contributed by atoms with van der Waals surface area (Å²) in [4.78, 5) is 7.16. The maximum atomic E-state index is 13.2. The first-order chi connectivity index (χ1) is 14.8. The highest BCUT2D eigenvalue weighted by molar-refractivity contribution is 7.17. The summed E-state index contributed by atoms with van der Waals surface area (Å²) < 4.78 is 15.4. The fourth-order valence-corrected chi connectivity index (χ4v) is 5.21. The van der Waals surface area contributed by atoms with Gasteiger partial charge in [0.2, 0.25) is 10.3 Å². The average Bonchev–Trinajstić information content (AvgIpc) is 3.45. The van der Waals surface area contributed by atoms with Gasteiger partial charge in [0.15, 0.2) is 0 Å². The van der Waals surface area contributed by atoms with Crippen molar-refractivity contribution in [3.05, 3.63) is 54.1 Å². The molecule has 4 heterocycles. The van der Waals surface area contributed by atoms with E-state index in [1.807, 2.05) is 12.1 Å². The second kappa shape index (κ2) is 8.73. The quantitative estimate of drug-likeness (QED) is 0.621. The Morgan fingerprint density at radius 2 is 1.53 bits per heavy atom. The molecule has 0 atom stereocenters.